The second-order valence-electron chi connectivity index (χ2n) is 4.94. The van der Waals surface area contributed by atoms with Crippen LogP contribution in [0.15, 0.2) is 0 Å². The number of hydrogen-bond acceptors (Lipinski definition) is 4. The van der Waals surface area contributed by atoms with Gasteiger partial charge in [-0.3, -0.25) is 4.79 Å². The Hall–Kier alpha value is -0.650. The molecule has 104 valence electrons. The lowest BCUT2D eigenvalue weighted by atomic mass is 10.1. The molecule has 0 spiro atoms. The molecule has 2 fully saturated rings. The van der Waals surface area contributed by atoms with Crippen LogP contribution in [-0.2, 0) is 14.3 Å². The Kier molecular flexibility index (Phi) is 5.90. The standard InChI is InChI=1S/C13H24N2O3/c16-13(15-7-5-14-6-8-15)4-10-17-11-12-3-1-2-9-18-12/h12,14H,1-11H2. The molecule has 18 heavy (non-hydrogen) atoms. The highest BCUT2D eigenvalue weighted by Crippen LogP contribution is 2.12. The van der Waals surface area contributed by atoms with Crippen LogP contribution in [0, 0.1) is 0 Å². The highest BCUT2D eigenvalue weighted by Gasteiger charge is 2.17. The number of amides is 1. The van der Waals surface area contributed by atoms with E-state index in [9.17, 15) is 4.79 Å². The predicted molar refractivity (Wildman–Crippen MR) is 68.5 cm³/mol. The van der Waals surface area contributed by atoms with Crippen molar-refractivity contribution in [3.05, 3.63) is 0 Å². The van der Waals surface area contributed by atoms with E-state index in [1.54, 1.807) is 0 Å². The molecule has 2 saturated heterocycles. The Morgan fingerprint density at radius 3 is 2.89 bits per heavy atom. The highest BCUT2D eigenvalue weighted by atomic mass is 16.5. The third kappa shape index (κ3) is 4.55. The van der Waals surface area contributed by atoms with E-state index < -0.39 is 0 Å². The van der Waals surface area contributed by atoms with Gasteiger partial charge in [0, 0.05) is 32.8 Å². The SMILES string of the molecule is O=C(CCOCC1CCCCO1)N1CCNCC1. The molecule has 0 aromatic carbocycles. The van der Waals surface area contributed by atoms with Gasteiger partial charge < -0.3 is 19.7 Å². The van der Waals surface area contributed by atoms with E-state index in [0.29, 0.717) is 19.6 Å². The lowest BCUT2D eigenvalue weighted by Gasteiger charge is -2.27. The quantitative estimate of drug-likeness (QED) is 0.723. The predicted octanol–water partition coefficient (Wildman–Crippen LogP) is 0.394. The summed E-state index contributed by atoms with van der Waals surface area (Å²) < 4.78 is 11.1. The summed E-state index contributed by atoms with van der Waals surface area (Å²) in [4.78, 5) is 13.7. The van der Waals surface area contributed by atoms with Crippen molar-refractivity contribution in [2.45, 2.75) is 31.8 Å². The smallest absolute Gasteiger partial charge is 0.224 e. The van der Waals surface area contributed by atoms with Crippen molar-refractivity contribution in [1.82, 2.24) is 10.2 Å². The van der Waals surface area contributed by atoms with Crippen molar-refractivity contribution >= 4 is 5.91 Å². The van der Waals surface area contributed by atoms with E-state index in [1.807, 2.05) is 4.90 Å². The molecule has 2 rings (SSSR count). The second kappa shape index (κ2) is 7.71. The van der Waals surface area contributed by atoms with Gasteiger partial charge in [0.05, 0.1) is 25.7 Å². The molecule has 0 aromatic heterocycles. The van der Waals surface area contributed by atoms with Gasteiger partial charge in [0.1, 0.15) is 0 Å². The first-order valence-electron chi connectivity index (χ1n) is 7.04. The fraction of sp³-hybridized carbons (Fsp3) is 0.923. The lowest BCUT2D eigenvalue weighted by Crippen LogP contribution is -2.46. The molecular formula is C13H24N2O3. The van der Waals surface area contributed by atoms with E-state index in [0.717, 1.165) is 45.6 Å². The minimum Gasteiger partial charge on any atom is -0.378 e. The van der Waals surface area contributed by atoms with E-state index in [4.69, 9.17) is 9.47 Å². The van der Waals surface area contributed by atoms with Gasteiger partial charge in [-0.15, -0.1) is 0 Å². The Morgan fingerprint density at radius 1 is 1.33 bits per heavy atom. The molecule has 2 aliphatic rings. The molecule has 1 amide bonds. The molecule has 1 unspecified atom stereocenters. The first-order chi connectivity index (χ1) is 8.86. The Morgan fingerprint density at radius 2 is 2.17 bits per heavy atom. The fourth-order valence-corrected chi connectivity index (χ4v) is 2.39. The fourth-order valence-electron chi connectivity index (χ4n) is 2.39. The Bertz CT molecular complexity index is 249. The minimum absolute atomic E-state index is 0.209. The number of rotatable bonds is 5. The zero-order chi connectivity index (χ0) is 12.6. The van der Waals surface area contributed by atoms with Crippen molar-refractivity contribution in [1.29, 1.82) is 0 Å². The number of piperazine rings is 1. The zero-order valence-corrected chi connectivity index (χ0v) is 11.0. The minimum atomic E-state index is 0.209. The van der Waals surface area contributed by atoms with Crippen LogP contribution in [0.4, 0.5) is 0 Å². The van der Waals surface area contributed by atoms with E-state index >= 15 is 0 Å². The summed E-state index contributed by atoms with van der Waals surface area (Å²) in [7, 11) is 0. The van der Waals surface area contributed by atoms with Gasteiger partial charge in [-0.05, 0) is 19.3 Å². The van der Waals surface area contributed by atoms with Gasteiger partial charge in [0.25, 0.3) is 0 Å². The number of nitrogens with zero attached hydrogens (tertiary/aromatic N) is 1. The van der Waals surface area contributed by atoms with Crippen LogP contribution in [0.25, 0.3) is 0 Å². The van der Waals surface area contributed by atoms with E-state index in [2.05, 4.69) is 5.32 Å². The topological polar surface area (TPSA) is 50.8 Å². The van der Waals surface area contributed by atoms with Crippen LogP contribution in [0.5, 0.6) is 0 Å². The van der Waals surface area contributed by atoms with Crippen molar-refractivity contribution in [3.63, 3.8) is 0 Å². The van der Waals surface area contributed by atoms with Crippen LogP contribution >= 0.6 is 0 Å². The molecule has 0 bridgehead atoms. The summed E-state index contributed by atoms with van der Waals surface area (Å²) >= 11 is 0. The van der Waals surface area contributed by atoms with Gasteiger partial charge >= 0.3 is 0 Å². The molecule has 0 aliphatic carbocycles. The lowest BCUT2D eigenvalue weighted by molar-refractivity contribution is -0.133. The van der Waals surface area contributed by atoms with E-state index in [-0.39, 0.29) is 12.0 Å². The monoisotopic (exact) mass is 256 g/mol. The molecule has 2 heterocycles. The Balaban J connectivity index is 1.52. The molecule has 0 radical (unpaired) electrons. The van der Waals surface area contributed by atoms with Gasteiger partial charge in [0.2, 0.25) is 5.91 Å². The number of ether oxygens (including phenoxy) is 2. The van der Waals surface area contributed by atoms with E-state index in [1.165, 1.54) is 6.42 Å². The molecule has 1 atom stereocenters. The summed E-state index contributed by atoms with van der Waals surface area (Å²) in [6.45, 7) is 5.46. The zero-order valence-electron chi connectivity index (χ0n) is 11.0. The second-order valence-corrected chi connectivity index (χ2v) is 4.94. The van der Waals surface area contributed by atoms with Crippen LogP contribution in [0.2, 0.25) is 0 Å². The third-order valence-corrected chi connectivity index (χ3v) is 3.51. The molecular weight excluding hydrogens is 232 g/mol. The van der Waals surface area contributed by atoms with Crippen molar-refractivity contribution < 1.29 is 14.3 Å². The molecule has 1 N–H and O–H groups in total. The number of carbonyl (C=O) groups excluding carboxylic acids is 1. The average Bonchev–Trinajstić information content (AvgIpc) is 2.45. The molecule has 2 aliphatic heterocycles. The number of nitrogens with one attached hydrogen (secondary N) is 1. The number of hydrogen-bond donors (Lipinski definition) is 1. The van der Waals surface area contributed by atoms with Gasteiger partial charge in [-0.25, -0.2) is 0 Å². The average molecular weight is 256 g/mol. The summed E-state index contributed by atoms with van der Waals surface area (Å²) in [5.74, 6) is 0.209. The number of carbonyl (C=O) groups is 1. The van der Waals surface area contributed by atoms with Gasteiger partial charge in [0.15, 0.2) is 0 Å². The molecule has 0 saturated carbocycles. The summed E-state index contributed by atoms with van der Waals surface area (Å²) in [5, 5.41) is 3.24. The molecule has 0 aromatic rings. The van der Waals surface area contributed by atoms with Crippen molar-refractivity contribution in [2.75, 3.05) is 46.0 Å². The summed E-state index contributed by atoms with van der Waals surface area (Å²) in [6, 6.07) is 0. The van der Waals surface area contributed by atoms with Crippen molar-refractivity contribution in [2.24, 2.45) is 0 Å². The van der Waals surface area contributed by atoms with Gasteiger partial charge in [-0.2, -0.15) is 0 Å². The first kappa shape index (κ1) is 13.8. The largest absolute Gasteiger partial charge is 0.378 e. The van der Waals surface area contributed by atoms with Crippen LogP contribution in [-0.4, -0.2) is 62.9 Å². The maximum atomic E-state index is 11.8. The van der Waals surface area contributed by atoms with Crippen molar-refractivity contribution in [3.8, 4) is 0 Å². The Labute approximate surface area is 109 Å². The first-order valence-corrected chi connectivity index (χ1v) is 7.04. The van der Waals surface area contributed by atoms with Gasteiger partial charge in [-0.1, -0.05) is 0 Å². The highest BCUT2D eigenvalue weighted by molar-refractivity contribution is 5.76. The summed E-state index contributed by atoms with van der Waals surface area (Å²) in [6.07, 6.45) is 4.22. The van der Waals surface area contributed by atoms with Crippen LogP contribution < -0.4 is 5.32 Å². The normalized spacial score (nSPS) is 25.1. The van der Waals surface area contributed by atoms with Crippen LogP contribution in [0.1, 0.15) is 25.7 Å². The maximum Gasteiger partial charge on any atom is 0.224 e. The third-order valence-electron chi connectivity index (χ3n) is 3.51. The molecule has 5 nitrogen and oxygen atoms in total. The molecule has 5 heteroatoms. The maximum absolute atomic E-state index is 11.8. The van der Waals surface area contributed by atoms with Crippen LogP contribution in [0.3, 0.4) is 0 Å². The summed E-state index contributed by atoms with van der Waals surface area (Å²) in [5.41, 5.74) is 0.